The molecule has 3 aromatic rings. The Morgan fingerprint density at radius 2 is 2.17 bits per heavy atom. The zero-order valence-corrected chi connectivity index (χ0v) is 17.2. The van der Waals surface area contributed by atoms with E-state index in [1.165, 1.54) is 27.6 Å². The first kappa shape index (κ1) is 19.6. The van der Waals surface area contributed by atoms with Crippen LogP contribution in [0.15, 0.2) is 47.2 Å². The molecule has 150 valence electrons. The van der Waals surface area contributed by atoms with Crippen LogP contribution in [0.2, 0.25) is 0 Å². The number of thiophene rings is 1. The van der Waals surface area contributed by atoms with Gasteiger partial charge in [0.25, 0.3) is 5.91 Å². The first-order valence-corrected chi connectivity index (χ1v) is 11.1. The summed E-state index contributed by atoms with van der Waals surface area (Å²) in [6.07, 6.45) is 6.01. The maximum atomic E-state index is 12.1. The number of amides is 2. The zero-order chi connectivity index (χ0) is 20.1. The standard InChI is InChI=1S/C19H20N6O2S2/c26-17(20-7-5-14-2-1-9-28-14)11-29-18-10-16(21-12-22-18)25-8-6-15(24-25)19(27)23-13-3-4-13/h1-2,6,8-10,12-13H,3-5,7,11H2,(H,20,26)(H,23,27). The van der Waals surface area contributed by atoms with Crippen LogP contribution in [0, 0.1) is 0 Å². The van der Waals surface area contributed by atoms with E-state index in [1.807, 2.05) is 11.4 Å². The minimum atomic E-state index is -0.172. The minimum Gasteiger partial charge on any atom is -0.355 e. The van der Waals surface area contributed by atoms with E-state index in [0.717, 1.165) is 19.3 Å². The predicted molar refractivity (Wildman–Crippen MR) is 111 cm³/mol. The molecular formula is C19H20N6O2S2. The highest BCUT2D eigenvalue weighted by molar-refractivity contribution is 7.99. The third kappa shape index (κ3) is 5.64. The topological polar surface area (TPSA) is 102 Å². The van der Waals surface area contributed by atoms with E-state index in [1.54, 1.807) is 29.7 Å². The maximum Gasteiger partial charge on any atom is 0.272 e. The number of rotatable bonds is 9. The van der Waals surface area contributed by atoms with Crippen LogP contribution >= 0.6 is 23.1 Å². The molecule has 0 aromatic carbocycles. The van der Waals surface area contributed by atoms with E-state index in [4.69, 9.17) is 0 Å². The van der Waals surface area contributed by atoms with Gasteiger partial charge in [0.05, 0.1) is 5.75 Å². The highest BCUT2D eigenvalue weighted by atomic mass is 32.2. The molecule has 29 heavy (non-hydrogen) atoms. The van der Waals surface area contributed by atoms with Gasteiger partial charge in [0.1, 0.15) is 11.4 Å². The van der Waals surface area contributed by atoms with Crippen LogP contribution in [-0.4, -0.2) is 49.9 Å². The van der Waals surface area contributed by atoms with Crippen LogP contribution in [0.1, 0.15) is 28.2 Å². The number of carbonyl (C=O) groups is 2. The molecule has 1 fully saturated rings. The van der Waals surface area contributed by atoms with E-state index in [-0.39, 0.29) is 23.6 Å². The minimum absolute atomic E-state index is 0.0372. The molecule has 1 aliphatic carbocycles. The summed E-state index contributed by atoms with van der Waals surface area (Å²) in [7, 11) is 0. The smallest absolute Gasteiger partial charge is 0.272 e. The fraction of sp³-hybridized carbons (Fsp3) is 0.316. The Balaban J connectivity index is 1.28. The van der Waals surface area contributed by atoms with Gasteiger partial charge in [0.15, 0.2) is 11.5 Å². The molecule has 0 unspecified atom stereocenters. The van der Waals surface area contributed by atoms with Gasteiger partial charge in [-0.1, -0.05) is 17.8 Å². The molecule has 0 spiro atoms. The molecule has 2 N–H and O–H groups in total. The Morgan fingerprint density at radius 3 is 2.97 bits per heavy atom. The lowest BCUT2D eigenvalue weighted by Gasteiger charge is -2.05. The number of nitrogens with zero attached hydrogens (tertiary/aromatic N) is 4. The van der Waals surface area contributed by atoms with Crippen LogP contribution in [-0.2, 0) is 11.2 Å². The van der Waals surface area contributed by atoms with Gasteiger partial charge in [0, 0.05) is 29.7 Å². The summed E-state index contributed by atoms with van der Waals surface area (Å²) in [5.41, 5.74) is 0.356. The molecule has 3 heterocycles. The second-order valence-electron chi connectivity index (χ2n) is 6.58. The van der Waals surface area contributed by atoms with E-state index in [2.05, 4.69) is 31.8 Å². The summed E-state index contributed by atoms with van der Waals surface area (Å²) >= 11 is 3.02. The maximum absolute atomic E-state index is 12.1. The van der Waals surface area contributed by atoms with Crippen molar-refractivity contribution in [3.8, 4) is 5.82 Å². The van der Waals surface area contributed by atoms with Crippen LogP contribution in [0.4, 0.5) is 0 Å². The predicted octanol–water partition coefficient (Wildman–Crippen LogP) is 2.07. The second kappa shape index (κ2) is 9.19. The number of nitrogens with one attached hydrogen (secondary N) is 2. The normalized spacial score (nSPS) is 13.2. The Hall–Kier alpha value is -2.72. The quantitative estimate of drug-likeness (QED) is 0.400. The average molecular weight is 429 g/mol. The Kier molecular flexibility index (Phi) is 6.20. The molecule has 0 radical (unpaired) electrons. The van der Waals surface area contributed by atoms with Gasteiger partial charge in [-0.2, -0.15) is 5.10 Å². The highest BCUT2D eigenvalue weighted by Crippen LogP contribution is 2.19. The molecule has 0 bridgehead atoms. The first-order valence-electron chi connectivity index (χ1n) is 9.28. The Morgan fingerprint density at radius 1 is 1.28 bits per heavy atom. The summed E-state index contributed by atoms with van der Waals surface area (Å²) in [5, 5.41) is 12.8. The van der Waals surface area contributed by atoms with Crippen molar-refractivity contribution < 1.29 is 9.59 Å². The number of hydrogen-bond acceptors (Lipinski definition) is 7. The third-order valence-corrected chi connectivity index (χ3v) is 6.08. The Bertz CT molecular complexity index is 984. The van der Waals surface area contributed by atoms with Gasteiger partial charge in [0.2, 0.25) is 5.91 Å². The molecule has 0 saturated heterocycles. The van der Waals surface area contributed by atoms with Crippen molar-refractivity contribution in [2.45, 2.75) is 30.3 Å². The number of aromatic nitrogens is 4. The zero-order valence-electron chi connectivity index (χ0n) is 15.6. The highest BCUT2D eigenvalue weighted by Gasteiger charge is 2.24. The fourth-order valence-electron chi connectivity index (χ4n) is 2.56. The monoisotopic (exact) mass is 428 g/mol. The van der Waals surface area contributed by atoms with E-state index < -0.39 is 0 Å². The molecule has 1 aliphatic rings. The lowest BCUT2D eigenvalue weighted by molar-refractivity contribution is -0.118. The van der Waals surface area contributed by atoms with Crippen LogP contribution in [0.5, 0.6) is 0 Å². The molecule has 8 nitrogen and oxygen atoms in total. The van der Waals surface area contributed by atoms with Crippen LogP contribution in [0.3, 0.4) is 0 Å². The average Bonchev–Trinajstić information content (AvgIpc) is 3.20. The summed E-state index contributed by atoms with van der Waals surface area (Å²) in [5.74, 6) is 0.611. The van der Waals surface area contributed by atoms with Crippen molar-refractivity contribution in [2.24, 2.45) is 0 Å². The lowest BCUT2D eigenvalue weighted by Crippen LogP contribution is -2.27. The SMILES string of the molecule is O=C(CSc1cc(-n2ccc(C(=O)NC3CC3)n2)ncn1)NCCc1cccs1. The molecule has 0 aliphatic heterocycles. The first-order chi connectivity index (χ1) is 14.2. The molecule has 4 rings (SSSR count). The summed E-state index contributed by atoms with van der Waals surface area (Å²) in [6, 6.07) is 7.76. The van der Waals surface area contributed by atoms with Crippen molar-refractivity contribution in [1.29, 1.82) is 0 Å². The molecule has 2 amide bonds. The molecule has 10 heteroatoms. The van der Waals surface area contributed by atoms with E-state index in [0.29, 0.717) is 23.1 Å². The molecule has 3 aromatic heterocycles. The molecule has 0 atom stereocenters. The van der Waals surface area contributed by atoms with Crippen molar-refractivity contribution in [3.63, 3.8) is 0 Å². The number of hydrogen-bond donors (Lipinski definition) is 2. The van der Waals surface area contributed by atoms with E-state index in [9.17, 15) is 9.59 Å². The molecular weight excluding hydrogens is 408 g/mol. The summed E-state index contributed by atoms with van der Waals surface area (Å²) in [6.45, 7) is 0.619. The number of carbonyl (C=O) groups excluding carboxylic acids is 2. The number of thioether (sulfide) groups is 1. The van der Waals surface area contributed by atoms with Gasteiger partial charge in [-0.3, -0.25) is 9.59 Å². The van der Waals surface area contributed by atoms with Gasteiger partial charge in [-0.15, -0.1) is 11.3 Å². The van der Waals surface area contributed by atoms with Crippen molar-refractivity contribution in [1.82, 2.24) is 30.4 Å². The Labute approximate surface area is 176 Å². The lowest BCUT2D eigenvalue weighted by atomic mass is 10.3. The van der Waals surface area contributed by atoms with Crippen LogP contribution < -0.4 is 10.6 Å². The summed E-state index contributed by atoms with van der Waals surface area (Å²) < 4.78 is 1.54. The van der Waals surface area contributed by atoms with E-state index >= 15 is 0 Å². The van der Waals surface area contributed by atoms with Crippen molar-refractivity contribution in [2.75, 3.05) is 12.3 Å². The van der Waals surface area contributed by atoms with Gasteiger partial charge in [-0.05, 0) is 36.8 Å². The van der Waals surface area contributed by atoms with Gasteiger partial charge < -0.3 is 10.6 Å². The third-order valence-electron chi connectivity index (χ3n) is 4.22. The second-order valence-corrected chi connectivity index (χ2v) is 8.60. The largest absolute Gasteiger partial charge is 0.355 e. The van der Waals surface area contributed by atoms with Crippen molar-refractivity contribution >= 4 is 34.9 Å². The van der Waals surface area contributed by atoms with Crippen molar-refractivity contribution in [3.05, 3.63) is 52.7 Å². The molecule has 1 saturated carbocycles. The fourth-order valence-corrected chi connectivity index (χ4v) is 3.96. The van der Waals surface area contributed by atoms with Gasteiger partial charge >= 0.3 is 0 Å². The van der Waals surface area contributed by atoms with Gasteiger partial charge in [-0.25, -0.2) is 14.6 Å². The summed E-state index contributed by atoms with van der Waals surface area (Å²) in [4.78, 5) is 33.8. The van der Waals surface area contributed by atoms with Crippen LogP contribution in [0.25, 0.3) is 5.82 Å².